The molecule has 1 heterocycles. The van der Waals surface area contributed by atoms with E-state index >= 15 is 0 Å². The molecule has 1 aromatic heterocycles. The normalized spacial score (nSPS) is 11.9. The third kappa shape index (κ3) is 3.82. The molecule has 7 nitrogen and oxygen atoms in total. The molecule has 2 rings (SSSR count). The predicted octanol–water partition coefficient (Wildman–Crippen LogP) is 0.551. The molecule has 1 amide bonds. The topological polar surface area (TPSA) is 104 Å². The van der Waals surface area contributed by atoms with Crippen molar-refractivity contribution in [2.75, 3.05) is 0 Å². The summed E-state index contributed by atoms with van der Waals surface area (Å²) in [5.41, 5.74) is 0.857. The zero-order valence-corrected chi connectivity index (χ0v) is 11.4. The fraction of sp³-hybridized carbons (Fsp3) is 0.214. The quantitative estimate of drug-likeness (QED) is 0.745. The van der Waals surface area contributed by atoms with Gasteiger partial charge in [0.05, 0.1) is 6.33 Å². The van der Waals surface area contributed by atoms with Crippen molar-refractivity contribution in [1.29, 1.82) is 0 Å². The second kappa shape index (κ2) is 6.08. The minimum Gasteiger partial charge on any atom is -0.508 e. The number of amides is 1. The Morgan fingerprint density at radius 2 is 2.00 bits per heavy atom. The summed E-state index contributed by atoms with van der Waals surface area (Å²) in [4.78, 5) is 27.1. The lowest BCUT2D eigenvalue weighted by Crippen LogP contribution is -2.42. The molecule has 3 N–H and O–H groups in total. The summed E-state index contributed by atoms with van der Waals surface area (Å²) in [6.45, 7) is 0. The van der Waals surface area contributed by atoms with Crippen molar-refractivity contribution in [1.82, 2.24) is 14.9 Å². The average Bonchev–Trinajstić information content (AvgIpc) is 2.87. The van der Waals surface area contributed by atoms with Gasteiger partial charge < -0.3 is 20.1 Å². The highest BCUT2D eigenvalue weighted by Gasteiger charge is 2.22. The molecule has 0 aliphatic heterocycles. The minimum atomic E-state index is -1.13. The van der Waals surface area contributed by atoms with E-state index in [0.29, 0.717) is 5.56 Å². The number of carbonyl (C=O) groups is 2. The minimum absolute atomic E-state index is 0.100. The van der Waals surface area contributed by atoms with Crippen LogP contribution in [0.5, 0.6) is 5.75 Å². The molecule has 0 saturated carbocycles. The van der Waals surface area contributed by atoms with Gasteiger partial charge in [0.2, 0.25) is 0 Å². The fourth-order valence-electron chi connectivity index (χ4n) is 1.83. The second-order valence-corrected chi connectivity index (χ2v) is 4.66. The maximum atomic E-state index is 11.9. The van der Waals surface area contributed by atoms with Gasteiger partial charge in [-0.05, 0) is 17.7 Å². The highest BCUT2D eigenvalue weighted by molar-refractivity contribution is 5.94. The number of phenolic OH excluding ortho intramolecular Hbond substituents is 1. The first kappa shape index (κ1) is 14.6. The Balaban J connectivity index is 2.07. The average molecular weight is 289 g/mol. The number of carboxylic acid groups (broad SMARTS) is 1. The van der Waals surface area contributed by atoms with Crippen LogP contribution in [0, 0.1) is 0 Å². The first-order valence-electron chi connectivity index (χ1n) is 6.25. The maximum absolute atomic E-state index is 11.9. The van der Waals surface area contributed by atoms with Crippen LogP contribution in [0.2, 0.25) is 0 Å². The van der Waals surface area contributed by atoms with Crippen molar-refractivity contribution in [3.8, 4) is 5.75 Å². The molecular formula is C14H15N3O4. The number of aromatic nitrogens is 2. The van der Waals surface area contributed by atoms with E-state index in [-0.39, 0.29) is 17.9 Å². The number of aliphatic carboxylic acids is 1. The van der Waals surface area contributed by atoms with Gasteiger partial charge in [-0.1, -0.05) is 12.1 Å². The van der Waals surface area contributed by atoms with E-state index in [1.165, 1.54) is 24.7 Å². The Hall–Kier alpha value is -2.83. The van der Waals surface area contributed by atoms with Gasteiger partial charge in [-0.2, -0.15) is 0 Å². The van der Waals surface area contributed by atoms with Crippen molar-refractivity contribution in [3.05, 3.63) is 48.0 Å². The molecule has 0 radical (unpaired) electrons. The molecule has 0 aliphatic carbocycles. The third-order valence-electron chi connectivity index (χ3n) is 2.92. The van der Waals surface area contributed by atoms with Gasteiger partial charge >= 0.3 is 5.97 Å². The van der Waals surface area contributed by atoms with Gasteiger partial charge in [-0.25, -0.2) is 9.78 Å². The zero-order valence-electron chi connectivity index (χ0n) is 11.4. The number of imidazole rings is 1. The smallest absolute Gasteiger partial charge is 0.326 e. The first-order valence-corrected chi connectivity index (χ1v) is 6.25. The number of nitrogens with one attached hydrogen (secondary N) is 1. The Morgan fingerprint density at radius 3 is 2.52 bits per heavy atom. The van der Waals surface area contributed by atoms with E-state index in [2.05, 4.69) is 10.3 Å². The summed E-state index contributed by atoms with van der Waals surface area (Å²) in [5, 5.41) is 20.8. The van der Waals surface area contributed by atoms with Crippen LogP contribution in [0.3, 0.4) is 0 Å². The zero-order chi connectivity index (χ0) is 15.4. The van der Waals surface area contributed by atoms with Crippen LogP contribution in [0.25, 0.3) is 0 Å². The Labute approximate surface area is 120 Å². The van der Waals surface area contributed by atoms with Crippen molar-refractivity contribution >= 4 is 11.9 Å². The molecule has 0 bridgehead atoms. The van der Waals surface area contributed by atoms with Crippen LogP contribution < -0.4 is 5.32 Å². The molecular weight excluding hydrogens is 274 g/mol. The van der Waals surface area contributed by atoms with Crippen LogP contribution >= 0.6 is 0 Å². The molecule has 21 heavy (non-hydrogen) atoms. The number of phenols is 1. The SMILES string of the molecule is Cn1cnc(C(=O)NC(Cc2ccc(O)cc2)C(=O)O)c1. The van der Waals surface area contributed by atoms with E-state index in [0.717, 1.165) is 0 Å². The molecule has 0 saturated heterocycles. The number of aromatic hydroxyl groups is 1. The number of hydrogen-bond donors (Lipinski definition) is 3. The molecule has 2 aromatic rings. The standard InChI is InChI=1S/C14H15N3O4/c1-17-7-12(15-8-17)13(19)16-11(14(20)21)6-9-2-4-10(18)5-3-9/h2-5,7-8,11,18H,6H2,1H3,(H,16,19)(H,20,21). The van der Waals surface area contributed by atoms with E-state index in [1.807, 2.05) is 0 Å². The molecule has 110 valence electrons. The molecule has 0 fully saturated rings. The molecule has 7 heteroatoms. The van der Waals surface area contributed by atoms with Crippen LogP contribution in [0.1, 0.15) is 16.1 Å². The number of carbonyl (C=O) groups excluding carboxylic acids is 1. The second-order valence-electron chi connectivity index (χ2n) is 4.66. The number of nitrogens with zero attached hydrogens (tertiary/aromatic N) is 2. The van der Waals surface area contributed by atoms with Crippen molar-refractivity contribution < 1.29 is 19.8 Å². The van der Waals surface area contributed by atoms with Gasteiger partial charge in [-0.15, -0.1) is 0 Å². The third-order valence-corrected chi connectivity index (χ3v) is 2.92. The predicted molar refractivity (Wildman–Crippen MR) is 73.9 cm³/mol. The Kier molecular flexibility index (Phi) is 4.22. The van der Waals surface area contributed by atoms with Gasteiger partial charge in [-0.3, -0.25) is 4.79 Å². The summed E-state index contributed by atoms with van der Waals surface area (Å²) >= 11 is 0. The number of rotatable bonds is 5. The van der Waals surface area contributed by atoms with Crippen molar-refractivity contribution in [2.45, 2.75) is 12.5 Å². The van der Waals surface area contributed by atoms with E-state index in [9.17, 15) is 19.8 Å². The van der Waals surface area contributed by atoms with E-state index in [4.69, 9.17) is 0 Å². The van der Waals surface area contributed by atoms with Crippen LogP contribution in [0.15, 0.2) is 36.8 Å². The summed E-state index contributed by atoms with van der Waals surface area (Å²) < 4.78 is 1.60. The van der Waals surface area contributed by atoms with Gasteiger partial charge in [0, 0.05) is 19.7 Å². The highest BCUT2D eigenvalue weighted by atomic mass is 16.4. The fourth-order valence-corrected chi connectivity index (χ4v) is 1.83. The van der Waals surface area contributed by atoms with Crippen molar-refractivity contribution in [3.63, 3.8) is 0 Å². The van der Waals surface area contributed by atoms with Gasteiger partial charge in [0.1, 0.15) is 17.5 Å². The van der Waals surface area contributed by atoms with Gasteiger partial charge in [0.15, 0.2) is 0 Å². The number of hydrogen-bond acceptors (Lipinski definition) is 4. The summed E-state index contributed by atoms with van der Waals surface area (Å²) in [6.07, 6.45) is 3.09. The summed E-state index contributed by atoms with van der Waals surface area (Å²) in [5.74, 6) is -1.57. The first-order chi connectivity index (χ1) is 9.95. The number of aryl methyl sites for hydroxylation is 1. The summed E-state index contributed by atoms with van der Waals surface area (Å²) in [7, 11) is 1.72. The number of benzene rings is 1. The monoisotopic (exact) mass is 289 g/mol. The van der Waals surface area contributed by atoms with Gasteiger partial charge in [0.25, 0.3) is 5.91 Å². The van der Waals surface area contributed by atoms with E-state index < -0.39 is 17.9 Å². The molecule has 1 unspecified atom stereocenters. The van der Waals surface area contributed by atoms with Crippen LogP contribution in [-0.2, 0) is 18.3 Å². The largest absolute Gasteiger partial charge is 0.508 e. The lowest BCUT2D eigenvalue weighted by molar-refractivity contribution is -0.139. The molecule has 1 atom stereocenters. The van der Waals surface area contributed by atoms with Crippen LogP contribution in [-0.4, -0.2) is 37.7 Å². The lowest BCUT2D eigenvalue weighted by atomic mass is 10.1. The molecule has 0 aliphatic rings. The maximum Gasteiger partial charge on any atom is 0.326 e. The van der Waals surface area contributed by atoms with E-state index in [1.54, 1.807) is 23.7 Å². The summed E-state index contributed by atoms with van der Waals surface area (Å²) in [6, 6.07) is 5.09. The lowest BCUT2D eigenvalue weighted by Gasteiger charge is -2.13. The van der Waals surface area contributed by atoms with Crippen molar-refractivity contribution in [2.24, 2.45) is 7.05 Å². The van der Waals surface area contributed by atoms with Crippen LogP contribution in [0.4, 0.5) is 0 Å². The number of carboxylic acids is 1. The molecule has 1 aromatic carbocycles. The molecule has 0 spiro atoms. The Morgan fingerprint density at radius 1 is 1.33 bits per heavy atom. The Bertz CT molecular complexity index is 648. The highest BCUT2D eigenvalue weighted by Crippen LogP contribution is 2.11.